The van der Waals surface area contributed by atoms with E-state index in [9.17, 15) is 0 Å². The van der Waals surface area contributed by atoms with Crippen LogP contribution >= 0.6 is 0 Å². The van der Waals surface area contributed by atoms with Crippen molar-refractivity contribution >= 4 is 5.96 Å². The average Bonchev–Trinajstić information content (AvgIpc) is 2.68. The molecule has 0 atom stereocenters. The SMILES string of the molecule is CN=C(NCc1c(OC)cc(OC)cc1OC)NCC1(CCOC)CCC1. The molecule has 0 aliphatic heterocycles. The number of benzene rings is 1. The zero-order valence-corrected chi connectivity index (χ0v) is 17.2. The smallest absolute Gasteiger partial charge is 0.191 e. The Labute approximate surface area is 162 Å². The van der Waals surface area contributed by atoms with Crippen molar-refractivity contribution in [2.75, 3.05) is 48.6 Å². The van der Waals surface area contributed by atoms with Crippen molar-refractivity contribution in [2.24, 2.45) is 10.4 Å². The largest absolute Gasteiger partial charge is 0.496 e. The molecule has 0 bridgehead atoms. The van der Waals surface area contributed by atoms with Crippen molar-refractivity contribution in [2.45, 2.75) is 32.2 Å². The van der Waals surface area contributed by atoms with Crippen LogP contribution in [0.25, 0.3) is 0 Å². The third-order valence-electron chi connectivity index (χ3n) is 5.35. The Kier molecular flexibility index (Phi) is 8.03. The number of methoxy groups -OCH3 is 4. The molecule has 1 aliphatic carbocycles. The summed E-state index contributed by atoms with van der Waals surface area (Å²) >= 11 is 0. The summed E-state index contributed by atoms with van der Waals surface area (Å²) in [5.74, 6) is 2.88. The van der Waals surface area contributed by atoms with E-state index in [1.165, 1.54) is 19.3 Å². The van der Waals surface area contributed by atoms with Gasteiger partial charge in [-0.1, -0.05) is 6.42 Å². The minimum absolute atomic E-state index is 0.323. The molecule has 27 heavy (non-hydrogen) atoms. The summed E-state index contributed by atoms with van der Waals surface area (Å²) in [7, 11) is 8.44. The van der Waals surface area contributed by atoms with Crippen LogP contribution in [-0.4, -0.2) is 54.6 Å². The van der Waals surface area contributed by atoms with Crippen LogP contribution in [0, 0.1) is 5.41 Å². The third kappa shape index (κ3) is 5.42. The first-order valence-corrected chi connectivity index (χ1v) is 9.33. The number of aliphatic imine (C=N–C) groups is 1. The molecule has 2 N–H and O–H groups in total. The molecule has 1 aliphatic rings. The van der Waals surface area contributed by atoms with Crippen molar-refractivity contribution in [3.63, 3.8) is 0 Å². The van der Waals surface area contributed by atoms with Crippen molar-refractivity contribution < 1.29 is 18.9 Å². The van der Waals surface area contributed by atoms with Crippen LogP contribution in [0.5, 0.6) is 17.2 Å². The minimum Gasteiger partial charge on any atom is -0.496 e. The van der Waals surface area contributed by atoms with Crippen molar-refractivity contribution in [1.29, 1.82) is 0 Å². The first-order chi connectivity index (χ1) is 13.1. The first kappa shape index (κ1) is 21.2. The van der Waals surface area contributed by atoms with Gasteiger partial charge in [-0.15, -0.1) is 0 Å². The van der Waals surface area contributed by atoms with Gasteiger partial charge in [-0.3, -0.25) is 4.99 Å². The summed E-state index contributed by atoms with van der Waals surface area (Å²) in [4.78, 5) is 4.35. The maximum absolute atomic E-state index is 5.51. The molecule has 0 radical (unpaired) electrons. The highest BCUT2D eigenvalue weighted by atomic mass is 16.5. The topological polar surface area (TPSA) is 73.3 Å². The van der Waals surface area contributed by atoms with Crippen molar-refractivity contribution in [3.05, 3.63) is 17.7 Å². The molecule has 0 saturated heterocycles. The predicted molar refractivity (Wildman–Crippen MR) is 107 cm³/mol. The minimum atomic E-state index is 0.323. The Morgan fingerprint density at radius 3 is 2.15 bits per heavy atom. The summed E-state index contributed by atoms with van der Waals surface area (Å²) in [5, 5.41) is 6.82. The fourth-order valence-corrected chi connectivity index (χ4v) is 3.43. The molecular formula is C20H33N3O4. The normalized spacial score (nSPS) is 15.7. The van der Waals surface area contributed by atoms with Gasteiger partial charge in [-0.05, 0) is 24.7 Å². The van der Waals surface area contributed by atoms with Crippen molar-refractivity contribution in [3.8, 4) is 17.2 Å². The molecule has 1 aromatic carbocycles. The fraction of sp³-hybridized carbons (Fsp3) is 0.650. The zero-order chi connectivity index (χ0) is 19.7. The second kappa shape index (κ2) is 10.3. The number of rotatable bonds is 10. The molecule has 0 amide bonds. The Hall–Kier alpha value is -2.15. The lowest BCUT2D eigenvalue weighted by Crippen LogP contribution is -2.46. The monoisotopic (exact) mass is 379 g/mol. The highest BCUT2D eigenvalue weighted by molar-refractivity contribution is 5.79. The predicted octanol–water partition coefficient (Wildman–Crippen LogP) is 2.58. The lowest BCUT2D eigenvalue weighted by molar-refractivity contribution is 0.0732. The van der Waals surface area contributed by atoms with Crippen LogP contribution in [0.3, 0.4) is 0 Å². The molecule has 152 valence electrons. The second-order valence-electron chi connectivity index (χ2n) is 6.89. The molecule has 0 unspecified atom stereocenters. The van der Waals surface area contributed by atoms with Gasteiger partial charge in [0.25, 0.3) is 0 Å². The Morgan fingerprint density at radius 2 is 1.70 bits per heavy atom. The van der Waals surface area contributed by atoms with Gasteiger partial charge >= 0.3 is 0 Å². The molecule has 0 aromatic heterocycles. The summed E-state index contributed by atoms with van der Waals surface area (Å²) < 4.78 is 21.6. The molecule has 0 spiro atoms. The third-order valence-corrected chi connectivity index (χ3v) is 5.35. The Balaban J connectivity index is 1.99. The van der Waals surface area contributed by atoms with Gasteiger partial charge in [0.05, 0.1) is 33.4 Å². The van der Waals surface area contributed by atoms with E-state index < -0.39 is 0 Å². The van der Waals surface area contributed by atoms with Crippen LogP contribution in [-0.2, 0) is 11.3 Å². The molecule has 2 rings (SSSR count). The van der Waals surface area contributed by atoms with Gasteiger partial charge in [0.15, 0.2) is 5.96 Å². The number of nitrogens with one attached hydrogen (secondary N) is 2. The van der Waals surface area contributed by atoms with E-state index in [4.69, 9.17) is 18.9 Å². The molecule has 7 nitrogen and oxygen atoms in total. The average molecular weight is 380 g/mol. The van der Waals surface area contributed by atoms with Crippen LogP contribution in [0.2, 0.25) is 0 Å². The molecule has 1 aromatic rings. The lowest BCUT2D eigenvalue weighted by atomic mass is 9.67. The maximum atomic E-state index is 5.51. The van der Waals surface area contributed by atoms with Crippen LogP contribution in [0.15, 0.2) is 17.1 Å². The quantitative estimate of drug-likeness (QED) is 0.481. The summed E-state index contributed by atoms with van der Waals surface area (Å²) in [6.07, 6.45) is 4.84. The molecule has 7 heteroatoms. The summed E-state index contributed by atoms with van der Waals surface area (Å²) in [5.41, 5.74) is 1.24. The Morgan fingerprint density at radius 1 is 1.04 bits per heavy atom. The van der Waals surface area contributed by atoms with Crippen molar-refractivity contribution in [1.82, 2.24) is 10.6 Å². The Bertz CT molecular complexity index is 605. The maximum Gasteiger partial charge on any atom is 0.191 e. The van der Waals surface area contributed by atoms with E-state index in [-0.39, 0.29) is 0 Å². The van der Waals surface area contributed by atoms with E-state index in [0.29, 0.717) is 29.2 Å². The molecular weight excluding hydrogens is 346 g/mol. The van der Waals surface area contributed by atoms with Gasteiger partial charge in [0, 0.05) is 39.4 Å². The van der Waals surface area contributed by atoms with Gasteiger partial charge in [0.1, 0.15) is 17.2 Å². The highest BCUT2D eigenvalue weighted by Gasteiger charge is 2.36. The lowest BCUT2D eigenvalue weighted by Gasteiger charge is -2.42. The van der Waals surface area contributed by atoms with Crippen LogP contribution < -0.4 is 24.8 Å². The number of hydrogen-bond donors (Lipinski definition) is 2. The van der Waals surface area contributed by atoms with E-state index in [1.807, 2.05) is 12.1 Å². The van der Waals surface area contributed by atoms with E-state index >= 15 is 0 Å². The van der Waals surface area contributed by atoms with Gasteiger partial charge in [-0.2, -0.15) is 0 Å². The van der Waals surface area contributed by atoms with E-state index in [2.05, 4.69) is 15.6 Å². The number of hydrogen-bond acceptors (Lipinski definition) is 5. The first-order valence-electron chi connectivity index (χ1n) is 9.33. The number of guanidine groups is 1. The number of ether oxygens (including phenoxy) is 4. The van der Waals surface area contributed by atoms with Gasteiger partial charge in [0.2, 0.25) is 0 Å². The summed E-state index contributed by atoms with van der Waals surface area (Å²) in [6, 6.07) is 3.70. The number of nitrogens with zero attached hydrogens (tertiary/aromatic N) is 1. The highest BCUT2D eigenvalue weighted by Crippen LogP contribution is 2.43. The van der Waals surface area contributed by atoms with Crippen LogP contribution in [0.1, 0.15) is 31.2 Å². The van der Waals surface area contributed by atoms with Gasteiger partial charge < -0.3 is 29.6 Å². The van der Waals surface area contributed by atoms with Crippen LogP contribution in [0.4, 0.5) is 0 Å². The zero-order valence-electron chi connectivity index (χ0n) is 17.2. The van der Waals surface area contributed by atoms with E-state index in [1.54, 1.807) is 35.5 Å². The fourth-order valence-electron chi connectivity index (χ4n) is 3.43. The standard InChI is InChI=1S/C20H33N3O4/c1-21-19(23-14-20(7-6-8-20)9-10-24-2)22-13-16-17(26-4)11-15(25-3)12-18(16)27-5/h11-12H,6-10,13-14H2,1-5H3,(H2,21,22,23). The molecule has 0 heterocycles. The molecule has 1 saturated carbocycles. The molecule has 1 fully saturated rings. The van der Waals surface area contributed by atoms with Gasteiger partial charge in [-0.25, -0.2) is 0 Å². The summed E-state index contributed by atoms with van der Waals surface area (Å²) in [6.45, 7) is 2.22. The van der Waals surface area contributed by atoms with E-state index in [0.717, 1.165) is 31.1 Å². The second-order valence-corrected chi connectivity index (χ2v) is 6.89.